The van der Waals surface area contributed by atoms with Gasteiger partial charge in [-0.05, 0) is 58.7 Å². The lowest BCUT2D eigenvalue weighted by Crippen LogP contribution is -2.52. The predicted molar refractivity (Wildman–Crippen MR) is 140 cm³/mol. The number of aryl methyl sites for hydroxylation is 3. The maximum Gasteiger partial charge on any atom is 0.164 e. The van der Waals surface area contributed by atoms with E-state index in [4.69, 9.17) is 9.72 Å². The first kappa shape index (κ1) is 24.6. The maximum absolute atomic E-state index is 15.3. The number of piperidine rings is 3. The first-order chi connectivity index (χ1) is 16.9. The number of halogens is 1. The summed E-state index contributed by atoms with van der Waals surface area (Å²) in [4.78, 5) is 25.0. The van der Waals surface area contributed by atoms with Crippen LogP contribution in [0.5, 0.6) is 5.75 Å². The van der Waals surface area contributed by atoms with E-state index in [1.165, 1.54) is 6.07 Å². The molecule has 0 saturated carbocycles. The zero-order valence-corrected chi connectivity index (χ0v) is 21.7. The number of fused-ring (bicyclic) bond motifs is 4. The minimum Gasteiger partial charge on any atom is -0.489 e. The standard InChI is InChI=1S/C26H28FN7O.H2S/c1-15-24-26(31-17(3)30-15)34(25(32-24)20-11-28-16(2)29-12-20)13-19-4-5-21(10-22(19)27)35-23-14-33-8-6-18(23)7-9-33;/h4-5,10-12,18,23H,6-9,13-14H2,1-3H3;1H2. The second kappa shape index (κ2) is 9.74. The molecular weight excluding hydrogens is 477 g/mol. The molecule has 1 atom stereocenters. The normalized spacial score (nSPS) is 20.9. The molecule has 1 unspecified atom stereocenters. The second-order valence-electron chi connectivity index (χ2n) is 9.62. The third kappa shape index (κ3) is 4.55. The SMILES string of the molecule is Cc1ncc(-c2nc3c(C)nc(C)nc3n2Cc2ccc(OC3CN4CCC3CC4)cc2F)cn1.S. The highest BCUT2D eigenvalue weighted by molar-refractivity contribution is 7.59. The summed E-state index contributed by atoms with van der Waals surface area (Å²) in [5.41, 5.74) is 3.41. The number of nitrogens with zero attached hydrogens (tertiary/aromatic N) is 7. The van der Waals surface area contributed by atoms with E-state index in [0.29, 0.717) is 45.9 Å². The molecule has 6 heterocycles. The zero-order chi connectivity index (χ0) is 24.1. The van der Waals surface area contributed by atoms with Crippen LogP contribution >= 0.6 is 13.5 Å². The van der Waals surface area contributed by atoms with Gasteiger partial charge in [0.15, 0.2) is 5.65 Å². The van der Waals surface area contributed by atoms with E-state index >= 15 is 4.39 Å². The monoisotopic (exact) mass is 507 g/mol. The Balaban J connectivity index is 0.00000267. The number of imidazole rings is 1. The molecule has 7 rings (SSSR count). The minimum absolute atomic E-state index is 0. The van der Waals surface area contributed by atoms with Crippen LogP contribution in [0.4, 0.5) is 4.39 Å². The van der Waals surface area contributed by atoms with Crippen molar-refractivity contribution < 1.29 is 9.13 Å². The summed E-state index contributed by atoms with van der Waals surface area (Å²) in [5.74, 6) is 2.79. The molecule has 3 aromatic heterocycles. The Bertz CT molecular complexity index is 1400. The summed E-state index contributed by atoms with van der Waals surface area (Å²) in [5, 5.41) is 0. The van der Waals surface area contributed by atoms with Crippen molar-refractivity contribution in [1.29, 1.82) is 0 Å². The van der Waals surface area contributed by atoms with Crippen LogP contribution in [0.3, 0.4) is 0 Å². The van der Waals surface area contributed by atoms with Crippen LogP contribution in [-0.4, -0.2) is 60.1 Å². The Morgan fingerprint density at radius 2 is 1.75 bits per heavy atom. The molecule has 3 aliphatic rings. The van der Waals surface area contributed by atoms with Crippen LogP contribution in [0.15, 0.2) is 30.6 Å². The van der Waals surface area contributed by atoms with Gasteiger partial charge in [-0.15, -0.1) is 0 Å². The van der Waals surface area contributed by atoms with E-state index in [1.54, 1.807) is 18.5 Å². The summed E-state index contributed by atoms with van der Waals surface area (Å²) in [6, 6.07) is 5.18. The lowest BCUT2D eigenvalue weighted by Gasteiger charge is -2.44. The van der Waals surface area contributed by atoms with Gasteiger partial charge in [0.05, 0.1) is 17.8 Å². The van der Waals surface area contributed by atoms with Gasteiger partial charge in [0.2, 0.25) is 0 Å². The summed E-state index contributed by atoms with van der Waals surface area (Å²) >= 11 is 0. The molecule has 188 valence electrons. The molecule has 8 nitrogen and oxygen atoms in total. The molecule has 36 heavy (non-hydrogen) atoms. The number of benzene rings is 1. The van der Waals surface area contributed by atoms with Gasteiger partial charge in [-0.1, -0.05) is 6.07 Å². The van der Waals surface area contributed by atoms with E-state index in [-0.39, 0.29) is 32.0 Å². The molecule has 3 saturated heterocycles. The molecule has 0 aliphatic carbocycles. The van der Waals surface area contributed by atoms with E-state index in [9.17, 15) is 0 Å². The van der Waals surface area contributed by atoms with E-state index < -0.39 is 0 Å². The molecule has 0 radical (unpaired) electrons. The number of aromatic nitrogens is 6. The van der Waals surface area contributed by atoms with Crippen molar-refractivity contribution in [2.45, 2.75) is 46.3 Å². The smallest absolute Gasteiger partial charge is 0.164 e. The fraction of sp³-hybridized carbons (Fsp3) is 0.423. The number of hydrogen-bond donors (Lipinski definition) is 0. The fourth-order valence-electron chi connectivity index (χ4n) is 5.27. The molecule has 0 amide bonds. The van der Waals surface area contributed by atoms with Crippen molar-refractivity contribution in [1.82, 2.24) is 34.4 Å². The van der Waals surface area contributed by atoms with Gasteiger partial charge >= 0.3 is 0 Å². The summed E-state index contributed by atoms with van der Waals surface area (Å²) < 4.78 is 23.5. The van der Waals surface area contributed by atoms with Gasteiger partial charge in [0, 0.05) is 30.6 Å². The van der Waals surface area contributed by atoms with Gasteiger partial charge in [-0.3, -0.25) is 4.90 Å². The molecule has 2 bridgehead atoms. The number of ether oxygens (including phenoxy) is 1. The van der Waals surface area contributed by atoms with Crippen LogP contribution < -0.4 is 4.74 Å². The quantitative estimate of drug-likeness (QED) is 0.404. The van der Waals surface area contributed by atoms with Gasteiger partial charge in [-0.25, -0.2) is 29.3 Å². The summed E-state index contributed by atoms with van der Waals surface area (Å²) in [6.07, 6.45) is 5.92. The average molecular weight is 508 g/mol. The van der Waals surface area contributed by atoms with Crippen molar-refractivity contribution in [2.24, 2.45) is 5.92 Å². The third-order valence-corrected chi connectivity index (χ3v) is 7.16. The largest absolute Gasteiger partial charge is 0.489 e. The van der Waals surface area contributed by atoms with E-state index in [2.05, 4.69) is 24.8 Å². The Hall–Kier alpha value is -3.11. The lowest BCUT2D eigenvalue weighted by molar-refractivity contribution is -0.00789. The van der Waals surface area contributed by atoms with Gasteiger partial charge in [-0.2, -0.15) is 13.5 Å². The van der Waals surface area contributed by atoms with Crippen LogP contribution in [-0.2, 0) is 6.54 Å². The molecule has 3 fully saturated rings. The summed E-state index contributed by atoms with van der Waals surface area (Å²) in [7, 11) is 0. The number of hydrogen-bond acceptors (Lipinski definition) is 7. The molecule has 3 aliphatic heterocycles. The minimum atomic E-state index is -0.306. The fourth-order valence-corrected chi connectivity index (χ4v) is 5.27. The highest BCUT2D eigenvalue weighted by atomic mass is 32.1. The lowest BCUT2D eigenvalue weighted by atomic mass is 9.86. The average Bonchev–Trinajstić information content (AvgIpc) is 3.20. The topological polar surface area (TPSA) is 81.8 Å². The molecule has 0 spiro atoms. The molecule has 0 N–H and O–H groups in total. The molecule has 1 aromatic carbocycles. The Morgan fingerprint density at radius 3 is 2.42 bits per heavy atom. The van der Waals surface area contributed by atoms with Crippen molar-refractivity contribution in [2.75, 3.05) is 19.6 Å². The molecular formula is C26H30FN7OS. The van der Waals surface area contributed by atoms with Crippen LogP contribution in [0.1, 0.15) is 35.7 Å². The Morgan fingerprint density at radius 1 is 1.00 bits per heavy atom. The van der Waals surface area contributed by atoms with Crippen molar-refractivity contribution in [3.63, 3.8) is 0 Å². The molecule has 10 heteroatoms. The predicted octanol–water partition coefficient (Wildman–Crippen LogP) is 3.98. The maximum atomic E-state index is 15.3. The highest BCUT2D eigenvalue weighted by Crippen LogP contribution is 2.32. The summed E-state index contributed by atoms with van der Waals surface area (Å²) in [6.45, 7) is 9.07. The van der Waals surface area contributed by atoms with Crippen molar-refractivity contribution in [3.8, 4) is 17.1 Å². The molecule has 4 aromatic rings. The zero-order valence-electron chi connectivity index (χ0n) is 20.7. The van der Waals surface area contributed by atoms with E-state index in [0.717, 1.165) is 43.7 Å². The van der Waals surface area contributed by atoms with Gasteiger partial charge in [0.1, 0.15) is 40.7 Å². The highest BCUT2D eigenvalue weighted by Gasteiger charge is 2.35. The van der Waals surface area contributed by atoms with Crippen LogP contribution in [0, 0.1) is 32.5 Å². The van der Waals surface area contributed by atoms with Crippen LogP contribution in [0.2, 0.25) is 0 Å². The van der Waals surface area contributed by atoms with Gasteiger partial charge in [0.25, 0.3) is 0 Å². The Kier molecular flexibility index (Phi) is 6.65. The third-order valence-electron chi connectivity index (χ3n) is 7.16. The second-order valence-corrected chi connectivity index (χ2v) is 9.62. The van der Waals surface area contributed by atoms with Gasteiger partial charge < -0.3 is 9.30 Å². The van der Waals surface area contributed by atoms with Crippen molar-refractivity contribution >= 4 is 24.7 Å². The van der Waals surface area contributed by atoms with Crippen LogP contribution in [0.25, 0.3) is 22.6 Å². The van der Waals surface area contributed by atoms with E-state index in [1.807, 2.05) is 31.4 Å². The first-order valence-electron chi connectivity index (χ1n) is 12.1. The number of rotatable bonds is 5. The van der Waals surface area contributed by atoms with Crippen molar-refractivity contribution in [3.05, 3.63) is 59.3 Å². The Labute approximate surface area is 216 Å². The first-order valence-corrected chi connectivity index (χ1v) is 12.1.